The standard InChI is InChI=1S/C11H15N3O/c1-7-11(15)13-9-5-8(6-12)3-4-10(9)14(7)2/h3-5,7H,6,12H2,1-2H3,(H,13,15). The van der Waals surface area contributed by atoms with Crippen LogP contribution in [0, 0.1) is 0 Å². The van der Waals surface area contributed by atoms with Gasteiger partial charge in [0.25, 0.3) is 0 Å². The fraction of sp³-hybridized carbons (Fsp3) is 0.364. The third-order valence-electron chi connectivity index (χ3n) is 2.89. The molecule has 1 aliphatic rings. The lowest BCUT2D eigenvalue weighted by molar-refractivity contribution is -0.117. The molecule has 0 bridgehead atoms. The topological polar surface area (TPSA) is 58.4 Å². The summed E-state index contributed by atoms with van der Waals surface area (Å²) in [5.74, 6) is 0.0270. The summed E-state index contributed by atoms with van der Waals surface area (Å²) in [6.07, 6.45) is 0. The number of hydrogen-bond acceptors (Lipinski definition) is 3. The van der Waals surface area contributed by atoms with E-state index < -0.39 is 0 Å². The van der Waals surface area contributed by atoms with Crippen molar-refractivity contribution in [2.45, 2.75) is 19.5 Å². The summed E-state index contributed by atoms with van der Waals surface area (Å²) in [6.45, 7) is 2.37. The van der Waals surface area contributed by atoms with Gasteiger partial charge in [0.05, 0.1) is 11.4 Å². The molecule has 3 N–H and O–H groups in total. The van der Waals surface area contributed by atoms with Crippen molar-refractivity contribution in [1.82, 2.24) is 0 Å². The van der Waals surface area contributed by atoms with Crippen LogP contribution in [-0.2, 0) is 11.3 Å². The molecular weight excluding hydrogens is 190 g/mol. The van der Waals surface area contributed by atoms with Crippen LogP contribution in [-0.4, -0.2) is 19.0 Å². The minimum Gasteiger partial charge on any atom is -0.361 e. The summed E-state index contributed by atoms with van der Waals surface area (Å²) >= 11 is 0. The molecule has 0 saturated carbocycles. The lowest BCUT2D eigenvalue weighted by atomic mass is 10.1. The molecule has 4 nitrogen and oxygen atoms in total. The number of nitrogens with zero attached hydrogens (tertiary/aromatic N) is 1. The first-order valence-corrected chi connectivity index (χ1v) is 5.00. The lowest BCUT2D eigenvalue weighted by Gasteiger charge is -2.33. The van der Waals surface area contributed by atoms with Crippen molar-refractivity contribution >= 4 is 17.3 Å². The zero-order valence-corrected chi connectivity index (χ0v) is 8.95. The maximum Gasteiger partial charge on any atom is 0.246 e. The van der Waals surface area contributed by atoms with Gasteiger partial charge in [0.15, 0.2) is 0 Å². The molecule has 0 aliphatic carbocycles. The molecular formula is C11H15N3O. The third-order valence-corrected chi connectivity index (χ3v) is 2.89. The molecule has 0 spiro atoms. The Labute approximate surface area is 89.1 Å². The van der Waals surface area contributed by atoms with Crippen LogP contribution in [0.25, 0.3) is 0 Å². The predicted octanol–water partition coefficient (Wildman–Crippen LogP) is 0.922. The van der Waals surface area contributed by atoms with E-state index in [1.807, 2.05) is 37.1 Å². The maximum absolute atomic E-state index is 11.6. The van der Waals surface area contributed by atoms with Gasteiger partial charge in [-0.05, 0) is 24.6 Å². The number of nitrogens with two attached hydrogens (primary N) is 1. The summed E-state index contributed by atoms with van der Waals surface area (Å²) in [5.41, 5.74) is 8.47. The van der Waals surface area contributed by atoms with Crippen LogP contribution in [0.4, 0.5) is 11.4 Å². The van der Waals surface area contributed by atoms with Crippen molar-refractivity contribution < 1.29 is 4.79 Å². The Balaban J connectivity index is 2.45. The number of anilines is 2. The average Bonchev–Trinajstić information content (AvgIpc) is 2.25. The minimum atomic E-state index is -0.124. The number of amides is 1. The van der Waals surface area contributed by atoms with Gasteiger partial charge in [0, 0.05) is 13.6 Å². The highest BCUT2D eigenvalue weighted by atomic mass is 16.2. The molecule has 0 aromatic heterocycles. The summed E-state index contributed by atoms with van der Waals surface area (Å²) < 4.78 is 0. The molecule has 80 valence electrons. The number of benzene rings is 1. The Morgan fingerprint density at radius 2 is 2.27 bits per heavy atom. The van der Waals surface area contributed by atoms with Crippen molar-refractivity contribution in [1.29, 1.82) is 0 Å². The van der Waals surface area contributed by atoms with Crippen molar-refractivity contribution in [2.75, 3.05) is 17.3 Å². The van der Waals surface area contributed by atoms with Gasteiger partial charge in [0.1, 0.15) is 6.04 Å². The van der Waals surface area contributed by atoms with Crippen LogP contribution in [0.3, 0.4) is 0 Å². The molecule has 0 saturated heterocycles. The van der Waals surface area contributed by atoms with E-state index in [-0.39, 0.29) is 11.9 Å². The van der Waals surface area contributed by atoms with E-state index in [2.05, 4.69) is 5.32 Å². The first kappa shape index (κ1) is 9.98. The zero-order chi connectivity index (χ0) is 11.0. The second-order valence-corrected chi connectivity index (χ2v) is 3.83. The smallest absolute Gasteiger partial charge is 0.246 e. The number of carbonyl (C=O) groups excluding carboxylic acids is 1. The lowest BCUT2D eigenvalue weighted by Crippen LogP contribution is -2.43. The van der Waals surface area contributed by atoms with Gasteiger partial charge in [-0.25, -0.2) is 0 Å². The molecule has 1 unspecified atom stereocenters. The normalized spacial score (nSPS) is 19.8. The molecule has 15 heavy (non-hydrogen) atoms. The molecule has 0 radical (unpaired) electrons. The Bertz CT molecular complexity index is 403. The number of fused-ring (bicyclic) bond motifs is 1. The average molecular weight is 205 g/mol. The largest absolute Gasteiger partial charge is 0.361 e. The maximum atomic E-state index is 11.6. The van der Waals surface area contributed by atoms with Crippen LogP contribution in [0.1, 0.15) is 12.5 Å². The number of carbonyl (C=O) groups is 1. The Kier molecular flexibility index (Phi) is 2.36. The Hall–Kier alpha value is -1.55. The third kappa shape index (κ3) is 1.57. The molecule has 1 aromatic carbocycles. The van der Waals surface area contributed by atoms with Gasteiger partial charge in [-0.2, -0.15) is 0 Å². The summed E-state index contributed by atoms with van der Waals surface area (Å²) in [7, 11) is 1.92. The van der Waals surface area contributed by atoms with E-state index in [0.717, 1.165) is 16.9 Å². The van der Waals surface area contributed by atoms with Crippen LogP contribution in [0.15, 0.2) is 18.2 Å². The predicted molar refractivity (Wildman–Crippen MR) is 60.8 cm³/mol. The second-order valence-electron chi connectivity index (χ2n) is 3.83. The number of likely N-dealkylation sites (N-methyl/N-ethyl adjacent to an activating group) is 1. The summed E-state index contributed by atoms with van der Waals surface area (Å²) in [4.78, 5) is 13.5. The van der Waals surface area contributed by atoms with Gasteiger partial charge in [0.2, 0.25) is 5.91 Å². The van der Waals surface area contributed by atoms with E-state index in [9.17, 15) is 4.79 Å². The number of hydrogen-bond donors (Lipinski definition) is 2. The fourth-order valence-corrected chi connectivity index (χ4v) is 1.74. The van der Waals surface area contributed by atoms with E-state index >= 15 is 0 Å². The van der Waals surface area contributed by atoms with Crippen molar-refractivity contribution in [3.63, 3.8) is 0 Å². The first-order chi connectivity index (χ1) is 7.13. The van der Waals surface area contributed by atoms with Gasteiger partial charge < -0.3 is 16.0 Å². The van der Waals surface area contributed by atoms with Gasteiger partial charge >= 0.3 is 0 Å². The summed E-state index contributed by atoms with van der Waals surface area (Å²) in [6, 6.07) is 5.78. The molecule has 2 rings (SSSR count). The van der Waals surface area contributed by atoms with Crippen LogP contribution in [0.5, 0.6) is 0 Å². The van der Waals surface area contributed by atoms with Crippen molar-refractivity contribution in [3.05, 3.63) is 23.8 Å². The van der Waals surface area contributed by atoms with Gasteiger partial charge in [-0.15, -0.1) is 0 Å². The van der Waals surface area contributed by atoms with Crippen molar-refractivity contribution in [2.24, 2.45) is 5.73 Å². The number of rotatable bonds is 1. The molecule has 4 heteroatoms. The highest BCUT2D eigenvalue weighted by molar-refractivity contribution is 6.03. The van der Waals surface area contributed by atoms with E-state index in [1.165, 1.54) is 0 Å². The molecule has 1 atom stereocenters. The van der Waals surface area contributed by atoms with E-state index in [0.29, 0.717) is 6.54 Å². The highest BCUT2D eigenvalue weighted by Gasteiger charge is 2.26. The van der Waals surface area contributed by atoms with Gasteiger partial charge in [-0.3, -0.25) is 4.79 Å². The minimum absolute atomic E-state index is 0.0270. The monoisotopic (exact) mass is 205 g/mol. The van der Waals surface area contributed by atoms with Crippen LogP contribution < -0.4 is 16.0 Å². The van der Waals surface area contributed by atoms with Crippen molar-refractivity contribution in [3.8, 4) is 0 Å². The highest BCUT2D eigenvalue weighted by Crippen LogP contribution is 2.31. The quantitative estimate of drug-likeness (QED) is 0.716. The molecule has 1 amide bonds. The first-order valence-electron chi connectivity index (χ1n) is 5.00. The van der Waals surface area contributed by atoms with Crippen LogP contribution in [0.2, 0.25) is 0 Å². The zero-order valence-electron chi connectivity index (χ0n) is 8.95. The molecule has 1 aromatic rings. The second kappa shape index (κ2) is 3.55. The van der Waals surface area contributed by atoms with Crippen LogP contribution >= 0.6 is 0 Å². The van der Waals surface area contributed by atoms with E-state index in [4.69, 9.17) is 5.73 Å². The van der Waals surface area contributed by atoms with Gasteiger partial charge in [-0.1, -0.05) is 6.07 Å². The molecule has 1 aliphatic heterocycles. The van der Waals surface area contributed by atoms with E-state index in [1.54, 1.807) is 0 Å². The fourth-order valence-electron chi connectivity index (χ4n) is 1.74. The SMILES string of the molecule is CC1C(=O)Nc2cc(CN)ccc2N1C. The molecule has 1 heterocycles. The molecule has 0 fully saturated rings. The number of nitrogens with one attached hydrogen (secondary N) is 1. The summed E-state index contributed by atoms with van der Waals surface area (Å²) in [5, 5.41) is 2.88. The Morgan fingerprint density at radius 3 is 2.93 bits per heavy atom. The Morgan fingerprint density at radius 1 is 1.53 bits per heavy atom.